The first kappa shape index (κ1) is 13.7. The van der Waals surface area contributed by atoms with Crippen LogP contribution in [0.2, 0.25) is 0 Å². The summed E-state index contributed by atoms with van der Waals surface area (Å²) in [5, 5.41) is 0. The van der Waals surface area contributed by atoms with Crippen LogP contribution in [0.5, 0.6) is 0 Å². The van der Waals surface area contributed by atoms with E-state index in [1.54, 1.807) is 7.11 Å². The number of hydrogen-bond acceptors (Lipinski definition) is 2. The molecule has 0 heterocycles. The van der Waals surface area contributed by atoms with Crippen LogP contribution in [-0.2, 0) is 9.53 Å². The highest BCUT2D eigenvalue weighted by atomic mass is 16.5. The molecule has 0 aromatic heterocycles. The van der Waals surface area contributed by atoms with Crippen molar-refractivity contribution in [2.75, 3.05) is 7.11 Å². The van der Waals surface area contributed by atoms with E-state index in [0.717, 1.165) is 25.7 Å². The topological polar surface area (TPSA) is 26.3 Å². The molecule has 0 aromatic rings. The Morgan fingerprint density at radius 3 is 2.56 bits per heavy atom. The van der Waals surface area contributed by atoms with Crippen LogP contribution < -0.4 is 0 Å². The quantitative estimate of drug-likeness (QED) is 0.692. The van der Waals surface area contributed by atoms with Gasteiger partial charge in [-0.3, -0.25) is 4.79 Å². The van der Waals surface area contributed by atoms with Crippen molar-refractivity contribution in [3.63, 3.8) is 0 Å². The minimum atomic E-state index is -0.151. The maximum absolute atomic E-state index is 12.4. The summed E-state index contributed by atoms with van der Waals surface area (Å²) in [7, 11) is 1.67. The van der Waals surface area contributed by atoms with E-state index in [1.165, 1.54) is 19.3 Å². The largest absolute Gasteiger partial charge is 0.374 e. The van der Waals surface area contributed by atoms with Gasteiger partial charge in [0, 0.05) is 13.0 Å². The smallest absolute Gasteiger partial charge is 0.164 e. The highest BCUT2D eigenvalue weighted by Crippen LogP contribution is 2.34. The van der Waals surface area contributed by atoms with Gasteiger partial charge in [0.25, 0.3) is 0 Å². The summed E-state index contributed by atoms with van der Waals surface area (Å²) in [5.74, 6) is 1.25. The molecule has 2 nitrogen and oxygen atoms in total. The number of carbonyl (C=O) groups excluding carboxylic acids is 1. The molecule has 0 bridgehead atoms. The summed E-state index contributed by atoms with van der Waals surface area (Å²) in [4.78, 5) is 12.4. The lowest BCUT2D eigenvalue weighted by Crippen LogP contribution is -2.35. The van der Waals surface area contributed by atoms with Gasteiger partial charge in [0.2, 0.25) is 0 Å². The zero-order valence-electron chi connectivity index (χ0n) is 11.0. The van der Waals surface area contributed by atoms with E-state index in [1.807, 2.05) is 0 Å². The fourth-order valence-electron chi connectivity index (χ4n) is 2.95. The highest BCUT2D eigenvalue weighted by Gasteiger charge is 2.33. The third-order valence-electron chi connectivity index (χ3n) is 3.95. The molecule has 0 aromatic carbocycles. The van der Waals surface area contributed by atoms with Gasteiger partial charge in [0.1, 0.15) is 6.10 Å². The monoisotopic (exact) mass is 226 g/mol. The average molecular weight is 226 g/mol. The van der Waals surface area contributed by atoms with Gasteiger partial charge in [-0.2, -0.15) is 0 Å². The molecule has 1 fully saturated rings. The number of ketones is 1. The lowest BCUT2D eigenvalue weighted by atomic mass is 9.74. The summed E-state index contributed by atoms with van der Waals surface area (Å²) in [6.07, 6.45) is 7.72. The molecule has 1 aliphatic carbocycles. The summed E-state index contributed by atoms with van der Waals surface area (Å²) >= 11 is 0. The van der Waals surface area contributed by atoms with Gasteiger partial charge in [0.05, 0.1) is 0 Å². The fraction of sp³-hybridized carbons (Fsp3) is 0.929. The van der Waals surface area contributed by atoms with Gasteiger partial charge in [-0.25, -0.2) is 0 Å². The minimum Gasteiger partial charge on any atom is -0.374 e. The lowest BCUT2D eigenvalue weighted by Gasteiger charge is -2.31. The average Bonchev–Trinajstić information content (AvgIpc) is 2.35. The standard InChI is InChI=1S/C14H26O2/c1-4-8-13(16-3)14(15)12-10-7-6-9-11(12)5-2/h11-13H,4-10H2,1-3H3. The second-order valence-corrected chi connectivity index (χ2v) is 4.97. The van der Waals surface area contributed by atoms with Crippen molar-refractivity contribution < 1.29 is 9.53 Å². The summed E-state index contributed by atoms with van der Waals surface area (Å²) in [5.41, 5.74) is 0. The third kappa shape index (κ3) is 3.31. The molecule has 1 saturated carbocycles. The molecule has 3 atom stereocenters. The first-order valence-electron chi connectivity index (χ1n) is 6.81. The van der Waals surface area contributed by atoms with Crippen LogP contribution in [0.1, 0.15) is 58.8 Å². The molecule has 0 N–H and O–H groups in total. The molecule has 1 aliphatic rings. The van der Waals surface area contributed by atoms with E-state index in [2.05, 4.69) is 13.8 Å². The van der Waals surface area contributed by atoms with Crippen LogP contribution in [0.15, 0.2) is 0 Å². The zero-order chi connectivity index (χ0) is 12.0. The van der Waals surface area contributed by atoms with Crippen molar-refractivity contribution in [3.8, 4) is 0 Å². The van der Waals surface area contributed by atoms with E-state index in [9.17, 15) is 4.79 Å². The summed E-state index contributed by atoms with van der Waals surface area (Å²) in [6, 6.07) is 0. The van der Waals surface area contributed by atoms with Crippen molar-refractivity contribution in [2.24, 2.45) is 11.8 Å². The normalized spacial score (nSPS) is 27.7. The third-order valence-corrected chi connectivity index (χ3v) is 3.95. The van der Waals surface area contributed by atoms with Crippen molar-refractivity contribution in [2.45, 2.75) is 64.9 Å². The summed E-state index contributed by atoms with van der Waals surface area (Å²) < 4.78 is 5.35. The second-order valence-electron chi connectivity index (χ2n) is 4.97. The molecule has 1 rings (SSSR count). The van der Waals surface area contributed by atoms with Crippen LogP contribution in [0.4, 0.5) is 0 Å². The molecule has 0 saturated heterocycles. The van der Waals surface area contributed by atoms with E-state index in [4.69, 9.17) is 4.74 Å². The number of rotatable bonds is 6. The van der Waals surface area contributed by atoms with E-state index in [-0.39, 0.29) is 12.0 Å². The number of ether oxygens (including phenoxy) is 1. The van der Waals surface area contributed by atoms with Crippen molar-refractivity contribution in [1.82, 2.24) is 0 Å². The Balaban J connectivity index is 2.61. The Morgan fingerprint density at radius 1 is 1.31 bits per heavy atom. The van der Waals surface area contributed by atoms with Gasteiger partial charge in [-0.05, 0) is 25.2 Å². The van der Waals surface area contributed by atoms with Crippen LogP contribution in [-0.4, -0.2) is 19.0 Å². The lowest BCUT2D eigenvalue weighted by molar-refractivity contribution is -0.136. The molecule has 3 unspecified atom stereocenters. The zero-order valence-corrected chi connectivity index (χ0v) is 11.0. The molecule has 0 radical (unpaired) electrons. The molecule has 16 heavy (non-hydrogen) atoms. The number of Topliss-reactive ketones (excluding diaryl/α,β-unsaturated/α-hetero) is 1. The molecule has 0 amide bonds. The predicted octanol–water partition coefficient (Wildman–Crippen LogP) is 3.59. The maximum atomic E-state index is 12.4. The predicted molar refractivity (Wildman–Crippen MR) is 66.5 cm³/mol. The van der Waals surface area contributed by atoms with Crippen molar-refractivity contribution in [1.29, 1.82) is 0 Å². The summed E-state index contributed by atoms with van der Waals surface area (Å²) in [6.45, 7) is 4.31. The Morgan fingerprint density at radius 2 is 2.00 bits per heavy atom. The number of hydrogen-bond donors (Lipinski definition) is 0. The molecule has 0 aliphatic heterocycles. The molecular weight excluding hydrogens is 200 g/mol. The van der Waals surface area contributed by atoms with E-state index >= 15 is 0 Å². The highest BCUT2D eigenvalue weighted by molar-refractivity contribution is 5.85. The van der Waals surface area contributed by atoms with Crippen LogP contribution in [0.3, 0.4) is 0 Å². The molecule has 94 valence electrons. The maximum Gasteiger partial charge on any atom is 0.164 e. The van der Waals surface area contributed by atoms with E-state index < -0.39 is 0 Å². The SMILES string of the molecule is CCCC(OC)C(=O)C1CCCCC1CC. The second kappa shape index (κ2) is 7.05. The Kier molecular flexibility index (Phi) is 6.04. The van der Waals surface area contributed by atoms with Crippen molar-refractivity contribution in [3.05, 3.63) is 0 Å². The van der Waals surface area contributed by atoms with Crippen LogP contribution in [0.25, 0.3) is 0 Å². The van der Waals surface area contributed by atoms with E-state index in [0.29, 0.717) is 11.7 Å². The Bertz CT molecular complexity index is 213. The number of methoxy groups -OCH3 is 1. The Labute approximate surface area is 99.8 Å². The fourth-order valence-corrected chi connectivity index (χ4v) is 2.95. The van der Waals surface area contributed by atoms with Crippen LogP contribution >= 0.6 is 0 Å². The molecule has 2 heteroatoms. The Hall–Kier alpha value is -0.370. The minimum absolute atomic E-state index is 0.151. The van der Waals surface area contributed by atoms with Gasteiger partial charge in [-0.1, -0.05) is 39.5 Å². The molecular formula is C14H26O2. The molecule has 0 spiro atoms. The first-order valence-corrected chi connectivity index (χ1v) is 6.81. The van der Waals surface area contributed by atoms with Gasteiger partial charge >= 0.3 is 0 Å². The van der Waals surface area contributed by atoms with Gasteiger partial charge < -0.3 is 4.74 Å². The van der Waals surface area contributed by atoms with Crippen molar-refractivity contribution >= 4 is 5.78 Å². The van der Waals surface area contributed by atoms with Gasteiger partial charge in [0.15, 0.2) is 5.78 Å². The first-order chi connectivity index (χ1) is 7.74. The van der Waals surface area contributed by atoms with Gasteiger partial charge in [-0.15, -0.1) is 0 Å². The van der Waals surface area contributed by atoms with Crippen LogP contribution in [0, 0.1) is 11.8 Å². The number of carbonyl (C=O) groups is 1.